The van der Waals surface area contributed by atoms with E-state index in [2.05, 4.69) is 54.8 Å². The second-order valence-corrected chi connectivity index (χ2v) is 5.71. The minimum Gasteiger partial charge on any atom is -0.301 e. The van der Waals surface area contributed by atoms with Crippen molar-refractivity contribution in [1.82, 2.24) is 9.80 Å². The standard InChI is InChI=1S/C17H28N2/c1-4-19(5-2)17-10-12-18(13-11-17)14-16-8-6-15(3)7-9-16/h6-9,17H,4-5,10-14H2,1-3H3. The molecule has 0 aromatic heterocycles. The molecule has 1 aliphatic heterocycles. The molecule has 19 heavy (non-hydrogen) atoms. The van der Waals surface area contributed by atoms with Crippen LogP contribution >= 0.6 is 0 Å². The molecule has 1 saturated heterocycles. The maximum atomic E-state index is 2.61. The Bertz CT molecular complexity index is 359. The normalized spacial score (nSPS) is 18.1. The van der Waals surface area contributed by atoms with Crippen LogP contribution in [0.3, 0.4) is 0 Å². The number of benzene rings is 1. The van der Waals surface area contributed by atoms with Gasteiger partial charge < -0.3 is 4.90 Å². The fourth-order valence-electron chi connectivity index (χ4n) is 3.13. The van der Waals surface area contributed by atoms with Crippen molar-refractivity contribution in [2.75, 3.05) is 26.2 Å². The molecule has 0 bridgehead atoms. The molecule has 0 amide bonds. The van der Waals surface area contributed by atoms with Crippen LogP contribution in [0, 0.1) is 6.92 Å². The van der Waals surface area contributed by atoms with Crippen molar-refractivity contribution in [3.63, 3.8) is 0 Å². The first-order chi connectivity index (χ1) is 9.22. The summed E-state index contributed by atoms with van der Waals surface area (Å²) in [4.78, 5) is 5.22. The highest BCUT2D eigenvalue weighted by Gasteiger charge is 2.22. The molecule has 0 unspecified atom stereocenters. The highest BCUT2D eigenvalue weighted by Crippen LogP contribution is 2.18. The Hall–Kier alpha value is -0.860. The van der Waals surface area contributed by atoms with E-state index >= 15 is 0 Å². The van der Waals surface area contributed by atoms with Crippen molar-refractivity contribution in [2.45, 2.75) is 46.2 Å². The second-order valence-electron chi connectivity index (χ2n) is 5.71. The number of piperidine rings is 1. The van der Waals surface area contributed by atoms with E-state index in [-0.39, 0.29) is 0 Å². The first kappa shape index (κ1) is 14.5. The van der Waals surface area contributed by atoms with Gasteiger partial charge in [-0.3, -0.25) is 4.90 Å². The third-order valence-electron chi connectivity index (χ3n) is 4.41. The van der Waals surface area contributed by atoms with Gasteiger partial charge in [0.25, 0.3) is 0 Å². The Balaban J connectivity index is 1.81. The van der Waals surface area contributed by atoms with Gasteiger partial charge in [0.2, 0.25) is 0 Å². The van der Waals surface area contributed by atoms with Gasteiger partial charge in [0.1, 0.15) is 0 Å². The molecule has 0 radical (unpaired) electrons. The van der Waals surface area contributed by atoms with Gasteiger partial charge in [-0.15, -0.1) is 0 Å². The van der Waals surface area contributed by atoms with Gasteiger partial charge in [0, 0.05) is 12.6 Å². The molecule has 1 aromatic carbocycles. The lowest BCUT2D eigenvalue weighted by Crippen LogP contribution is -2.44. The lowest BCUT2D eigenvalue weighted by Gasteiger charge is -2.37. The summed E-state index contributed by atoms with van der Waals surface area (Å²) in [6, 6.07) is 9.79. The van der Waals surface area contributed by atoms with Crippen molar-refractivity contribution in [3.05, 3.63) is 35.4 Å². The summed E-state index contributed by atoms with van der Waals surface area (Å²) in [6.07, 6.45) is 2.65. The van der Waals surface area contributed by atoms with Crippen molar-refractivity contribution in [1.29, 1.82) is 0 Å². The third kappa shape index (κ3) is 4.05. The number of hydrogen-bond donors (Lipinski definition) is 0. The molecule has 0 aliphatic carbocycles. The van der Waals surface area contributed by atoms with Crippen LogP contribution in [0.25, 0.3) is 0 Å². The fourth-order valence-corrected chi connectivity index (χ4v) is 3.13. The predicted molar refractivity (Wildman–Crippen MR) is 82.4 cm³/mol. The van der Waals surface area contributed by atoms with Crippen molar-refractivity contribution in [2.24, 2.45) is 0 Å². The van der Waals surface area contributed by atoms with Crippen molar-refractivity contribution >= 4 is 0 Å². The van der Waals surface area contributed by atoms with Gasteiger partial charge in [0.05, 0.1) is 0 Å². The maximum absolute atomic E-state index is 2.61. The van der Waals surface area contributed by atoms with Gasteiger partial charge >= 0.3 is 0 Å². The van der Waals surface area contributed by atoms with E-state index in [0.29, 0.717) is 0 Å². The minimum atomic E-state index is 0.810. The Morgan fingerprint density at radius 3 is 2.16 bits per heavy atom. The molecule has 1 aromatic rings. The summed E-state index contributed by atoms with van der Waals surface area (Å²) in [7, 11) is 0. The first-order valence-corrected chi connectivity index (χ1v) is 7.74. The van der Waals surface area contributed by atoms with Crippen LogP contribution in [-0.4, -0.2) is 42.0 Å². The molecule has 1 fully saturated rings. The molecule has 2 rings (SSSR count). The summed E-state index contributed by atoms with van der Waals surface area (Å²) < 4.78 is 0. The Morgan fingerprint density at radius 2 is 1.63 bits per heavy atom. The monoisotopic (exact) mass is 260 g/mol. The van der Waals surface area contributed by atoms with E-state index in [0.717, 1.165) is 12.6 Å². The van der Waals surface area contributed by atoms with E-state index < -0.39 is 0 Å². The first-order valence-electron chi connectivity index (χ1n) is 7.74. The second kappa shape index (κ2) is 7.06. The Morgan fingerprint density at radius 1 is 1.05 bits per heavy atom. The average Bonchev–Trinajstić information content (AvgIpc) is 2.44. The van der Waals surface area contributed by atoms with Gasteiger partial charge in [-0.2, -0.15) is 0 Å². The van der Waals surface area contributed by atoms with Gasteiger partial charge in [-0.05, 0) is 51.5 Å². The van der Waals surface area contributed by atoms with Crippen LogP contribution in [-0.2, 0) is 6.54 Å². The summed E-state index contributed by atoms with van der Waals surface area (Å²) in [5.41, 5.74) is 2.80. The molecule has 1 heterocycles. The molecule has 0 spiro atoms. The lowest BCUT2D eigenvalue weighted by atomic mass is 10.0. The molecule has 0 atom stereocenters. The highest BCUT2D eigenvalue weighted by atomic mass is 15.2. The van der Waals surface area contributed by atoms with Crippen LogP contribution in [0.1, 0.15) is 37.8 Å². The van der Waals surface area contributed by atoms with E-state index in [4.69, 9.17) is 0 Å². The van der Waals surface area contributed by atoms with Crippen molar-refractivity contribution in [3.8, 4) is 0 Å². The van der Waals surface area contributed by atoms with Crippen LogP contribution < -0.4 is 0 Å². The van der Waals surface area contributed by atoms with E-state index in [1.807, 2.05) is 0 Å². The van der Waals surface area contributed by atoms with Crippen LogP contribution in [0.15, 0.2) is 24.3 Å². The SMILES string of the molecule is CCN(CC)C1CCN(Cc2ccc(C)cc2)CC1. The van der Waals surface area contributed by atoms with Crippen molar-refractivity contribution < 1.29 is 0 Å². The zero-order valence-corrected chi connectivity index (χ0v) is 12.7. The zero-order valence-electron chi connectivity index (χ0n) is 12.7. The Labute approximate surface area is 118 Å². The molecule has 2 heteroatoms. The molecule has 0 saturated carbocycles. The zero-order chi connectivity index (χ0) is 13.7. The molecular weight excluding hydrogens is 232 g/mol. The molecular formula is C17H28N2. The summed E-state index contributed by atoms with van der Waals surface area (Å²) in [5.74, 6) is 0. The minimum absolute atomic E-state index is 0.810. The Kier molecular flexibility index (Phi) is 5.41. The summed E-state index contributed by atoms with van der Waals surface area (Å²) >= 11 is 0. The molecule has 1 aliphatic rings. The van der Waals surface area contributed by atoms with Crippen LogP contribution in [0.5, 0.6) is 0 Å². The van der Waals surface area contributed by atoms with E-state index in [9.17, 15) is 0 Å². The number of hydrogen-bond acceptors (Lipinski definition) is 2. The topological polar surface area (TPSA) is 6.48 Å². The number of aryl methyl sites for hydroxylation is 1. The number of rotatable bonds is 5. The van der Waals surface area contributed by atoms with Gasteiger partial charge in [-0.1, -0.05) is 43.7 Å². The quantitative estimate of drug-likeness (QED) is 0.801. The fraction of sp³-hybridized carbons (Fsp3) is 0.647. The van der Waals surface area contributed by atoms with Crippen LogP contribution in [0.2, 0.25) is 0 Å². The van der Waals surface area contributed by atoms with Gasteiger partial charge in [0.15, 0.2) is 0 Å². The average molecular weight is 260 g/mol. The number of nitrogens with zero attached hydrogens (tertiary/aromatic N) is 2. The summed E-state index contributed by atoms with van der Waals surface area (Å²) in [5, 5.41) is 0. The molecule has 106 valence electrons. The maximum Gasteiger partial charge on any atom is 0.0233 e. The van der Waals surface area contributed by atoms with E-state index in [1.165, 1.54) is 50.1 Å². The number of likely N-dealkylation sites (tertiary alicyclic amines) is 1. The predicted octanol–water partition coefficient (Wildman–Crippen LogP) is 3.30. The smallest absolute Gasteiger partial charge is 0.0233 e. The third-order valence-corrected chi connectivity index (χ3v) is 4.41. The summed E-state index contributed by atoms with van der Waals surface area (Å²) in [6.45, 7) is 12.7. The van der Waals surface area contributed by atoms with E-state index in [1.54, 1.807) is 0 Å². The highest BCUT2D eigenvalue weighted by molar-refractivity contribution is 5.21. The van der Waals surface area contributed by atoms with Gasteiger partial charge in [-0.25, -0.2) is 0 Å². The lowest BCUT2D eigenvalue weighted by molar-refractivity contribution is 0.113. The molecule has 2 nitrogen and oxygen atoms in total. The molecule has 0 N–H and O–H groups in total. The largest absolute Gasteiger partial charge is 0.301 e. The van der Waals surface area contributed by atoms with Crippen LogP contribution in [0.4, 0.5) is 0 Å².